The van der Waals surface area contributed by atoms with E-state index in [1.165, 1.54) is 28.2 Å². The molecule has 33 heavy (non-hydrogen) atoms. The third-order valence-electron chi connectivity index (χ3n) is 5.70. The molecule has 8 nitrogen and oxygen atoms in total. The average Bonchev–Trinajstić information content (AvgIpc) is 3.49. The number of carbonyl (C=O) groups excluding carboxylic acids is 2. The number of unbranched alkanes of at least 4 members (excludes halogenated alkanes) is 1. The molecule has 4 rings (SSSR count). The van der Waals surface area contributed by atoms with Crippen LogP contribution in [0.1, 0.15) is 36.3 Å². The van der Waals surface area contributed by atoms with Crippen LogP contribution in [-0.4, -0.2) is 49.1 Å². The number of ether oxygens (including phenoxy) is 1. The van der Waals surface area contributed by atoms with E-state index in [4.69, 9.17) is 17.4 Å². The minimum atomic E-state index is -0.676. The SMILES string of the molecule is [B]OC(CCCCNC(=O)n1ccnc1)NC(=O)OCC1c2ccccc2-c2ccccc21. The molecule has 2 radical (unpaired) electrons. The van der Waals surface area contributed by atoms with Crippen LogP contribution in [0.4, 0.5) is 9.59 Å². The van der Waals surface area contributed by atoms with Crippen LogP contribution in [0.5, 0.6) is 0 Å². The fourth-order valence-electron chi connectivity index (χ4n) is 4.07. The summed E-state index contributed by atoms with van der Waals surface area (Å²) in [6.07, 6.45) is 5.17. The Kier molecular flexibility index (Phi) is 7.42. The molecule has 3 aromatic rings. The Morgan fingerprint density at radius 2 is 1.76 bits per heavy atom. The fourth-order valence-corrected chi connectivity index (χ4v) is 4.07. The molecule has 2 N–H and O–H groups in total. The molecule has 1 aliphatic rings. The Morgan fingerprint density at radius 3 is 2.39 bits per heavy atom. The van der Waals surface area contributed by atoms with Gasteiger partial charge in [0.1, 0.15) is 19.2 Å². The molecule has 1 aliphatic carbocycles. The van der Waals surface area contributed by atoms with Gasteiger partial charge in [-0.3, -0.25) is 9.88 Å². The summed E-state index contributed by atoms with van der Waals surface area (Å²) < 4.78 is 11.8. The molecule has 168 valence electrons. The Balaban J connectivity index is 1.21. The molecule has 0 saturated heterocycles. The zero-order valence-electron chi connectivity index (χ0n) is 18.1. The number of aromatic nitrogens is 2. The van der Waals surface area contributed by atoms with Gasteiger partial charge >= 0.3 is 12.1 Å². The molecular weight excluding hydrogens is 419 g/mol. The number of amides is 2. The number of hydrogen-bond acceptors (Lipinski definition) is 5. The van der Waals surface area contributed by atoms with Crippen molar-refractivity contribution in [3.05, 3.63) is 78.4 Å². The number of fused-ring (bicyclic) bond motifs is 3. The first-order valence-electron chi connectivity index (χ1n) is 10.9. The largest absolute Gasteiger partial charge is 0.449 e. The summed E-state index contributed by atoms with van der Waals surface area (Å²) in [4.78, 5) is 28.0. The van der Waals surface area contributed by atoms with Crippen LogP contribution < -0.4 is 10.6 Å². The zero-order valence-corrected chi connectivity index (χ0v) is 18.1. The van der Waals surface area contributed by atoms with Gasteiger partial charge in [0.15, 0.2) is 0 Å². The van der Waals surface area contributed by atoms with E-state index >= 15 is 0 Å². The van der Waals surface area contributed by atoms with Gasteiger partial charge in [-0.05, 0) is 41.5 Å². The lowest BCUT2D eigenvalue weighted by Crippen LogP contribution is -2.37. The summed E-state index contributed by atoms with van der Waals surface area (Å²) in [7, 11) is 5.34. The van der Waals surface area contributed by atoms with Crippen molar-refractivity contribution in [3.8, 4) is 11.1 Å². The minimum absolute atomic E-state index is 0.0143. The molecule has 1 heterocycles. The second-order valence-electron chi connectivity index (χ2n) is 7.79. The van der Waals surface area contributed by atoms with E-state index in [9.17, 15) is 9.59 Å². The van der Waals surface area contributed by atoms with Gasteiger partial charge in [-0.2, -0.15) is 0 Å². The summed E-state index contributed by atoms with van der Waals surface area (Å²) in [5, 5.41) is 5.44. The average molecular weight is 444 g/mol. The summed E-state index contributed by atoms with van der Waals surface area (Å²) in [6, 6.07) is 16.1. The zero-order chi connectivity index (χ0) is 23.0. The van der Waals surface area contributed by atoms with E-state index in [1.807, 2.05) is 24.3 Å². The number of rotatable bonds is 9. The molecule has 1 aromatic heterocycles. The quantitative estimate of drug-likeness (QED) is 0.299. The second kappa shape index (κ2) is 10.8. The number of alkyl carbamates (subject to hydrolysis) is 1. The van der Waals surface area contributed by atoms with Crippen molar-refractivity contribution in [2.75, 3.05) is 13.2 Å². The molecular formula is C24H25BN4O4. The van der Waals surface area contributed by atoms with E-state index < -0.39 is 12.3 Å². The standard InChI is InChI=1S/C24H25BN4O4/c25-33-22(11-5-6-12-27-23(30)29-14-13-26-16-29)28-24(31)32-15-21-19-9-3-1-7-17(19)18-8-2-4-10-20(18)21/h1-4,7-10,13-14,16,21-22H,5-6,11-12,15H2,(H,27,30)(H,28,31). The first-order valence-corrected chi connectivity index (χ1v) is 10.9. The third kappa shape index (κ3) is 5.43. The molecule has 1 unspecified atom stereocenters. The smallest absolute Gasteiger partial charge is 0.409 e. The molecule has 9 heteroatoms. The topological polar surface area (TPSA) is 94.5 Å². The molecule has 0 spiro atoms. The highest BCUT2D eigenvalue weighted by molar-refractivity contribution is 5.98. The van der Waals surface area contributed by atoms with Gasteiger partial charge in [-0.15, -0.1) is 0 Å². The number of hydrogen-bond donors (Lipinski definition) is 2. The maximum Gasteiger partial charge on any atom is 0.409 e. The molecule has 0 fully saturated rings. The number of benzene rings is 2. The van der Waals surface area contributed by atoms with Crippen LogP contribution >= 0.6 is 0 Å². The minimum Gasteiger partial charge on any atom is -0.449 e. The highest BCUT2D eigenvalue weighted by Crippen LogP contribution is 2.44. The number of nitrogens with one attached hydrogen (secondary N) is 2. The molecule has 1 atom stereocenters. The number of imidazole rings is 1. The lowest BCUT2D eigenvalue weighted by Gasteiger charge is -2.19. The Labute approximate surface area is 193 Å². The van der Waals surface area contributed by atoms with Crippen molar-refractivity contribution < 1.29 is 19.0 Å². The van der Waals surface area contributed by atoms with Crippen molar-refractivity contribution in [3.63, 3.8) is 0 Å². The van der Waals surface area contributed by atoms with Gasteiger partial charge in [0.25, 0.3) is 8.05 Å². The van der Waals surface area contributed by atoms with Crippen LogP contribution in [0.25, 0.3) is 11.1 Å². The van der Waals surface area contributed by atoms with Gasteiger partial charge in [-0.25, -0.2) is 14.6 Å². The molecule has 2 aromatic carbocycles. The fraction of sp³-hybridized carbons (Fsp3) is 0.292. The Morgan fingerprint density at radius 1 is 1.06 bits per heavy atom. The first-order chi connectivity index (χ1) is 16.2. The van der Waals surface area contributed by atoms with E-state index in [-0.39, 0.29) is 18.6 Å². The van der Waals surface area contributed by atoms with Crippen LogP contribution in [0, 0.1) is 0 Å². The van der Waals surface area contributed by atoms with E-state index in [1.54, 1.807) is 6.20 Å². The molecule has 0 saturated carbocycles. The van der Waals surface area contributed by atoms with Gasteiger partial charge in [-0.1, -0.05) is 48.5 Å². The normalized spacial score (nSPS) is 13.1. The van der Waals surface area contributed by atoms with Crippen molar-refractivity contribution in [2.24, 2.45) is 0 Å². The van der Waals surface area contributed by atoms with Crippen LogP contribution in [0.15, 0.2) is 67.3 Å². The summed E-state index contributed by atoms with van der Waals surface area (Å²) in [6.45, 7) is 0.705. The van der Waals surface area contributed by atoms with E-state index in [2.05, 4.69) is 39.9 Å². The second-order valence-corrected chi connectivity index (χ2v) is 7.79. The van der Waals surface area contributed by atoms with Crippen molar-refractivity contribution >= 4 is 20.2 Å². The lowest BCUT2D eigenvalue weighted by atomic mass is 9.98. The maximum absolute atomic E-state index is 12.4. The highest BCUT2D eigenvalue weighted by Gasteiger charge is 2.29. The van der Waals surface area contributed by atoms with Gasteiger partial charge < -0.3 is 14.7 Å². The van der Waals surface area contributed by atoms with Crippen molar-refractivity contribution in [2.45, 2.75) is 31.4 Å². The molecule has 0 aliphatic heterocycles. The summed E-state index contributed by atoms with van der Waals surface area (Å²) >= 11 is 0. The molecule has 0 bridgehead atoms. The van der Waals surface area contributed by atoms with Gasteiger partial charge in [0, 0.05) is 24.9 Å². The lowest BCUT2D eigenvalue weighted by molar-refractivity contribution is 0.108. The predicted octanol–water partition coefficient (Wildman–Crippen LogP) is 3.58. The third-order valence-corrected chi connectivity index (χ3v) is 5.70. The van der Waals surface area contributed by atoms with E-state index in [0.29, 0.717) is 25.8 Å². The number of nitrogens with zero attached hydrogens (tertiary/aromatic N) is 2. The van der Waals surface area contributed by atoms with Crippen molar-refractivity contribution in [1.82, 2.24) is 20.2 Å². The van der Waals surface area contributed by atoms with Gasteiger partial charge in [0.05, 0.1) is 0 Å². The number of carbonyl (C=O) groups is 2. The van der Waals surface area contributed by atoms with E-state index in [0.717, 1.165) is 11.1 Å². The Bertz CT molecular complexity index is 1040. The molecule has 2 amide bonds. The highest BCUT2D eigenvalue weighted by atomic mass is 16.6. The Hall–Kier alpha value is -3.59. The summed E-state index contributed by atoms with van der Waals surface area (Å²) in [5.41, 5.74) is 4.64. The predicted molar refractivity (Wildman–Crippen MR) is 124 cm³/mol. The van der Waals surface area contributed by atoms with Crippen LogP contribution in [0.2, 0.25) is 0 Å². The summed E-state index contributed by atoms with van der Waals surface area (Å²) in [5.74, 6) is -0.0143. The van der Waals surface area contributed by atoms with Crippen molar-refractivity contribution in [1.29, 1.82) is 0 Å². The van der Waals surface area contributed by atoms with Crippen LogP contribution in [-0.2, 0) is 9.39 Å². The van der Waals surface area contributed by atoms with Gasteiger partial charge in [0.2, 0.25) is 0 Å². The first kappa shape index (κ1) is 22.6. The maximum atomic E-state index is 12.4. The van der Waals surface area contributed by atoms with Crippen LogP contribution in [0.3, 0.4) is 0 Å². The monoisotopic (exact) mass is 444 g/mol.